The normalized spacial score (nSPS) is 27.7. The third kappa shape index (κ3) is 2.42. The van der Waals surface area contributed by atoms with Gasteiger partial charge in [0.1, 0.15) is 5.75 Å². The quantitative estimate of drug-likeness (QED) is 0.835. The molecule has 3 heterocycles. The van der Waals surface area contributed by atoms with Crippen molar-refractivity contribution in [2.75, 3.05) is 32.9 Å². The van der Waals surface area contributed by atoms with Crippen LogP contribution in [0, 0.1) is 5.92 Å². The lowest BCUT2D eigenvalue weighted by Gasteiger charge is -2.20. The molecule has 3 aliphatic heterocycles. The molecular weight excluding hydrogens is 266 g/mol. The van der Waals surface area contributed by atoms with Crippen molar-refractivity contribution in [3.8, 4) is 5.75 Å². The number of hydrogen-bond acceptors (Lipinski definition) is 3. The summed E-state index contributed by atoms with van der Waals surface area (Å²) in [5, 5.41) is 0. The van der Waals surface area contributed by atoms with Crippen molar-refractivity contribution in [3.63, 3.8) is 0 Å². The summed E-state index contributed by atoms with van der Waals surface area (Å²) in [5.74, 6) is 1.90. The first-order chi connectivity index (χ1) is 10.3. The number of carbonyl (C=O) groups excluding carboxylic acids is 1. The summed E-state index contributed by atoms with van der Waals surface area (Å²) < 4.78 is 10.9. The molecule has 0 spiro atoms. The fourth-order valence-corrected chi connectivity index (χ4v) is 3.68. The lowest BCUT2D eigenvalue weighted by molar-refractivity contribution is -0.134. The van der Waals surface area contributed by atoms with Gasteiger partial charge < -0.3 is 14.4 Å². The van der Waals surface area contributed by atoms with E-state index in [1.807, 2.05) is 4.90 Å². The summed E-state index contributed by atoms with van der Waals surface area (Å²) in [6.45, 7) is 3.88. The van der Waals surface area contributed by atoms with E-state index in [1.165, 1.54) is 11.1 Å². The largest absolute Gasteiger partial charge is 0.493 e. The summed E-state index contributed by atoms with van der Waals surface area (Å²) in [6.07, 6.45) is 2.97. The van der Waals surface area contributed by atoms with Crippen LogP contribution in [0.25, 0.3) is 0 Å². The van der Waals surface area contributed by atoms with Crippen molar-refractivity contribution in [2.45, 2.75) is 25.2 Å². The van der Waals surface area contributed by atoms with E-state index in [2.05, 4.69) is 18.2 Å². The predicted octanol–water partition coefficient (Wildman–Crippen LogP) is 1.97. The molecule has 0 N–H and O–H groups in total. The number of likely N-dealkylation sites (tertiary alicyclic amines) is 1. The number of ether oxygens (including phenoxy) is 2. The van der Waals surface area contributed by atoms with E-state index in [1.54, 1.807) is 0 Å². The third-order valence-electron chi connectivity index (χ3n) is 4.96. The van der Waals surface area contributed by atoms with Gasteiger partial charge in [0.05, 0.1) is 19.1 Å². The van der Waals surface area contributed by atoms with Gasteiger partial charge in [-0.3, -0.25) is 4.79 Å². The molecule has 1 aromatic carbocycles. The van der Waals surface area contributed by atoms with Crippen molar-refractivity contribution >= 4 is 5.91 Å². The van der Waals surface area contributed by atoms with Gasteiger partial charge in [0.2, 0.25) is 5.91 Å². The summed E-state index contributed by atoms with van der Waals surface area (Å²) in [7, 11) is 0. The highest BCUT2D eigenvalue weighted by atomic mass is 16.5. The monoisotopic (exact) mass is 287 g/mol. The fourth-order valence-electron chi connectivity index (χ4n) is 3.68. The van der Waals surface area contributed by atoms with E-state index in [-0.39, 0.29) is 5.92 Å². The lowest BCUT2D eigenvalue weighted by Crippen LogP contribution is -2.34. The van der Waals surface area contributed by atoms with E-state index in [0.717, 1.165) is 51.3 Å². The van der Waals surface area contributed by atoms with E-state index in [4.69, 9.17) is 9.47 Å². The van der Waals surface area contributed by atoms with Crippen LogP contribution in [0.3, 0.4) is 0 Å². The number of nitrogens with zero attached hydrogens (tertiary/aromatic N) is 1. The second-order valence-corrected chi connectivity index (χ2v) is 6.30. The Morgan fingerprint density at radius 2 is 2.19 bits per heavy atom. The molecule has 0 bridgehead atoms. The Morgan fingerprint density at radius 1 is 1.24 bits per heavy atom. The van der Waals surface area contributed by atoms with Gasteiger partial charge in [-0.2, -0.15) is 0 Å². The van der Waals surface area contributed by atoms with Crippen molar-refractivity contribution in [3.05, 3.63) is 29.3 Å². The zero-order valence-corrected chi connectivity index (χ0v) is 12.2. The van der Waals surface area contributed by atoms with Crippen LogP contribution in [0.5, 0.6) is 5.75 Å². The summed E-state index contributed by atoms with van der Waals surface area (Å²) in [4.78, 5) is 14.5. The van der Waals surface area contributed by atoms with Crippen molar-refractivity contribution in [1.82, 2.24) is 4.90 Å². The highest BCUT2D eigenvalue weighted by molar-refractivity contribution is 5.79. The first kappa shape index (κ1) is 13.1. The zero-order valence-electron chi connectivity index (χ0n) is 12.2. The molecule has 0 unspecified atom stereocenters. The molecule has 3 aliphatic rings. The van der Waals surface area contributed by atoms with Crippen LogP contribution in [-0.2, 0) is 16.0 Å². The molecule has 1 aromatic rings. The van der Waals surface area contributed by atoms with Crippen LogP contribution < -0.4 is 4.74 Å². The maximum Gasteiger partial charge on any atom is 0.228 e. The first-order valence-electron chi connectivity index (χ1n) is 7.93. The van der Waals surface area contributed by atoms with Crippen LogP contribution in [0.1, 0.15) is 29.9 Å². The Bertz CT molecular complexity index is 551. The second-order valence-electron chi connectivity index (χ2n) is 6.30. The molecule has 4 rings (SSSR count). The maximum absolute atomic E-state index is 12.4. The molecule has 2 fully saturated rings. The van der Waals surface area contributed by atoms with Gasteiger partial charge in [0.25, 0.3) is 0 Å². The molecule has 112 valence electrons. The van der Waals surface area contributed by atoms with Crippen molar-refractivity contribution in [1.29, 1.82) is 0 Å². The SMILES string of the molecule is O=C([C@@H]1CCOC1)N1CC[C@@H](c2ccc3c(c2)CCO3)C1. The van der Waals surface area contributed by atoms with Crippen LogP contribution in [-0.4, -0.2) is 43.7 Å². The number of carbonyl (C=O) groups is 1. The molecular formula is C17H21NO3. The molecule has 0 saturated carbocycles. The van der Waals surface area contributed by atoms with E-state index >= 15 is 0 Å². The smallest absolute Gasteiger partial charge is 0.228 e. The van der Waals surface area contributed by atoms with Gasteiger partial charge in [-0.25, -0.2) is 0 Å². The molecule has 0 aliphatic carbocycles. The number of amides is 1. The van der Waals surface area contributed by atoms with E-state index < -0.39 is 0 Å². The van der Waals surface area contributed by atoms with Gasteiger partial charge in [-0.1, -0.05) is 12.1 Å². The highest BCUT2D eigenvalue weighted by Gasteiger charge is 2.33. The highest BCUT2D eigenvalue weighted by Crippen LogP contribution is 2.33. The second kappa shape index (κ2) is 5.34. The Balaban J connectivity index is 1.45. The average molecular weight is 287 g/mol. The molecule has 1 amide bonds. The first-order valence-corrected chi connectivity index (χ1v) is 7.93. The zero-order chi connectivity index (χ0) is 14.2. The Morgan fingerprint density at radius 3 is 3.05 bits per heavy atom. The molecule has 4 nitrogen and oxygen atoms in total. The number of hydrogen-bond donors (Lipinski definition) is 0. The summed E-state index contributed by atoms with van der Waals surface area (Å²) in [6, 6.07) is 6.54. The maximum atomic E-state index is 12.4. The van der Waals surface area contributed by atoms with Crippen LogP contribution >= 0.6 is 0 Å². The minimum atomic E-state index is 0.0946. The van der Waals surface area contributed by atoms with Gasteiger partial charge in [-0.05, 0) is 30.0 Å². The van der Waals surface area contributed by atoms with Crippen LogP contribution in [0.2, 0.25) is 0 Å². The molecule has 21 heavy (non-hydrogen) atoms. The van der Waals surface area contributed by atoms with E-state index in [9.17, 15) is 4.79 Å². The molecule has 0 radical (unpaired) electrons. The molecule has 0 aromatic heterocycles. The standard InChI is InChI=1S/C17H21NO3/c19-17(15-4-7-20-11-15)18-6-3-14(10-18)12-1-2-16-13(9-12)5-8-21-16/h1-2,9,14-15H,3-8,10-11H2/t14-,15-/m1/s1. The Hall–Kier alpha value is -1.55. The van der Waals surface area contributed by atoms with Crippen LogP contribution in [0.4, 0.5) is 0 Å². The minimum Gasteiger partial charge on any atom is -0.493 e. The van der Waals surface area contributed by atoms with Crippen LogP contribution in [0.15, 0.2) is 18.2 Å². The van der Waals surface area contributed by atoms with Crippen molar-refractivity contribution < 1.29 is 14.3 Å². The number of fused-ring (bicyclic) bond motifs is 1. The summed E-state index contributed by atoms with van der Waals surface area (Å²) in [5.41, 5.74) is 2.68. The Kier molecular flexibility index (Phi) is 3.34. The lowest BCUT2D eigenvalue weighted by atomic mass is 9.96. The number of rotatable bonds is 2. The van der Waals surface area contributed by atoms with Gasteiger partial charge >= 0.3 is 0 Å². The molecule has 4 heteroatoms. The Labute approximate surface area is 125 Å². The third-order valence-corrected chi connectivity index (χ3v) is 4.96. The minimum absolute atomic E-state index is 0.0946. The molecule has 2 atom stereocenters. The predicted molar refractivity (Wildman–Crippen MR) is 78.5 cm³/mol. The van der Waals surface area contributed by atoms with Gasteiger partial charge in [0, 0.05) is 32.0 Å². The number of benzene rings is 1. The molecule has 2 saturated heterocycles. The van der Waals surface area contributed by atoms with Gasteiger partial charge in [0.15, 0.2) is 0 Å². The summed E-state index contributed by atoms with van der Waals surface area (Å²) >= 11 is 0. The van der Waals surface area contributed by atoms with E-state index in [0.29, 0.717) is 18.4 Å². The van der Waals surface area contributed by atoms with Gasteiger partial charge in [-0.15, -0.1) is 0 Å². The topological polar surface area (TPSA) is 38.8 Å². The van der Waals surface area contributed by atoms with Crippen molar-refractivity contribution in [2.24, 2.45) is 5.92 Å². The average Bonchev–Trinajstić information content (AvgIpc) is 3.25. The fraction of sp³-hybridized carbons (Fsp3) is 0.588.